The van der Waals surface area contributed by atoms with Gasteiger partial charge >= 0.3 is 0 Å². The monoisotopic (exact) mass is 785 g/mol. The van der Waals surface area contributed by atoms with Crippen molar-refractivity contribution in [3.8, 4) is 50.2 Å². The van der Waals surface area contributed by atoms with Gasteiger partial charge in [0.25, 0.3) is 5.56 Å². The van der Waals surface area contributed by atoms with Gasteiger partial charge in [0.1, 0.15) is 17.8 Å². The Morgan fingerprint density at radius 3 is 2.00 bits per heavy atom. The molecular weight excluding hydrogens is 727 g/mol. The summed E-state index contributed by atoms with van der Waals surface area (Å²) in [6.45, 7) is 14.4. The lowest BCUT2D eigenvalue weighted by atomic mass is 9.85. The fraction of sp³-hybridized carbons (Fsp3) is 0.409. The SMILES string of the molecule is C#C.C#C.C#C.C=C.CC(=O)NSC1CC1.CC(C)(C)C(Nc1ccccc1)C(=O)N1CCC[C@H]1C(=O)NC1CC1.COc1ccc2c(=O)[nH]c(OC)cc2c1. The number of ether oxygens (including phenoxy) is 2. The zero-order chi connectivity index (χ0) is 42.8. The number of carbonyl (C=O) groups is 3. The fourth-order valence-electron chi connectivity index (χ4n) is 5.16. The Bertz CT molecular complexity index is 1740. The summed E-state index contributed by atoms with van der Waals surface area (Å²) in [5, 5.41) is 8.58. The minimum Gasteiger partial charge on any atom is -0.497 e. The lowest BCUT2D eigenvalue weighted by Crippen LogP contribution is -2.54. The molecule has 0 spiro atoms. The number of H-pyrrole nitrogens is 1. The Labute approximate surface area is 338 Å². The molecule has 0 bridgehead atoms. The summed E-state index contributed by atoms with van der Waals surface area (Å²) in [4.78, 5) is 52.0. The molecule has 11 nitrogen and oxygen atoms in total. The first-order valence-corrected chi connectivity index (χ1v) is 18.9. The van der Waals surface area contributed by atoms with Crippen molar-refractivity contribution in [2.45, 2.75) is 89.6 Å². The van der Waals surface area contributed by atoms with Crippen LogP contribution in [-0.4, -0.2) is 71.7 Å². The molecule has 2 aliphatic carbocycles. The van der Waals surface area contributed by atoms with E-state index in [9.17, 15) is 19.2 Å². The zero-order valence-corrected chi connectivity index (χ0v) is 34.5. The number of hydrogen-bond donors (Lipinski definition) is 4. The molecular formula is C44H59N5O6S. The first-order valence-electron chi connectivity index (χ1n) is 18.0. The van der Waals surface area contributed by atoms with Gasteiger partial charge in [-0.3, -0.25) is 24.2 Å². The number of nitrogens with one attached hydrogen (secondary N) is 4. The Morgan fingerprint density at radius 1 is 0.893 bits per heavy atom. The van der Waals surface area contributed by atoms with Crippen molar-refractivity contribution in [1.29, 1.82) is 0 Å². The van der Waals surface area contributed by atoms with E-state index < -0.39 is 0 Å². The van der Waals surface area contributed by atoms with Gasteiger partial charge in [-0.15, -0.1) is 51.7 Å². The highest BCUT2D eigenvalue weighted by Gasteiger charge is 2.42. The van der Waals surface area contributed by atoms with E-state index in [4.69, 9.17) is 9.47 Å². The largest absolute Gasteiger partial charge is 0.497 e. The van der Waals surface area contributed by atoms with Gasteiger partial charge in [-0.25, -0.2) is 0 Å². The topological polar surface area (TPSA) is 142 Å². The normalized spacial score (nSPS) is 15.2. The van der Waals surface area contributed by atoms with Crippen LogP contribution in [-0.2, 0) is 14.4 Å². The van der Waals surface area contributed by atoms with Gasteiger partial charge in [0.05, 0.1) is 14.2 Å². The standard InChI is InChI=1S/C20H29N3O2.C11H11NO3.C5H9NOS.C2H4.3C2H2/c1-20(2,3)17(21-14-8-5-4-6-9-14)19(25)23-13-7-10-16(23)18(24)22-15-11-12-15;1-14-8-3-4-9-7(5-8)6-10(15-2)12-11(9)13;1-4(7)6-8-5-2-3-5;4*1-2/h4-6,8-9,15-17,21H,7,10-13H2,1-3H3,(H,22,24);3-6H,1-2H3,(H,12,13);5H,2-3H2,1H3,(H,6,7);1-2H2;3*1-2H/t16-,17?;;;;;;/m0....../s1. The number of aromatic nitrogens is 1. The molecule has 3 aromatic rings. The molecule has 2 saturated carbocycles. The zero-order valence-electron chi connectivity index (χ0n) is 33.6. The number of anilines is 1. The van der Waals surface area contributed by atoms with E-state index in [1.807, 2.05) is 30.3 Å². The highest BCUT2D eigenvalue weighted by molar-refractivity contribution is 7.98. The molecule has 3 amide bonds. The summed E-state index contributed by atoms with van der Waals surface area (Å²) in [6, 6.07) is 16.5. The van der Waals surface area contributed by atoms with Crippen LogP contribution in [0.1, 0.15) is 66.2 Å². The van der Waals surface area contributed by atoms with Crippen molar-refractivity contribution >= 4 is 46.1 Å². The van der Waals surface area contributed by atoms with E-state index >= 15 is 0 Å². The van der Waals surface area contributed by atoms with E-state index in [1.165, 1.54) is 26.9 Å². The third kappa shape index (κ3) is 17.6. The number of terminal acetylenes is 3. The number of benzene rings is 2. The van der Waals surface area contributed by atoms with Gasteiger partial charge in [-0.1, -0.05) is 39.0 Å². The number of pyridine rings is 1. The number of carbonyl (C=O) groups excluding carboxylic acids is 3. The van der Waals surface area contributed by atoms with Crippen LogP contribution in [0.4, 0.5) is 5.69 Å². The lowest BCUT2D eigenvalue weighted by molar-refractivity contribution is -0.140. The number of hydrogen-bond acceptors (Lipinski definition) is 8. The first kappa shape index (κ1) is 50.2. The minimum absolute atomic E-state index is 0.0146. The summed E-state index contributed by atoms with van der Waals surface area (Å²) < 4.78 is 12.7. The smallest absolute Gasteiger partial charge is 0.258 e. The van der Waals surface area contributed by atoms with Crippen LogP contribution in [0.15, 0.2) is 72.5 Å². The van der Waals surface area contributed by atoms with Crippen LogP contribution in [0.5, 0.6) is 11.6 Å². The number of amides is 3. The second-order valence-corrected chi connectivity index (χ2v) is 14.5. The van der Waals surface area contributed by atoms with Crippen molar-refractivity contribution in [2.24, 2.45) is 5.41 Å². The molecule has 3 fully saturated rings. The molecule has 6 rings (SSSR count). The van der Waals surface area contributed by atoms with Crippen LogP contribution in [0.3, 0.4) is 0 Å². The van der Waals surface area contributed by atoms with E-state index in [0.717, 1.165) is 47.8 Å². The molecule has 1 aliphatic heterocycles. The number of fused-ring (bicyclic) bond motifs is 1. The molecule has 1 unspecified atom stereocenters. The van der Waals surface area contributed by atoms with Gasteiger partial charge in [0, 0.05) is 41.9 Å². The van der Waals surface area contributed by atoms with Crippen LogP contribution in [0.2, 0.25) is 0 Å². The summed E-state index contributed by atoms with van der Waals surface area (Å²) in [7, 11) is 3.10. The predicted octanol–water partition coefficient (Wildman–Crippen LogP) is 6.81. The Morgan fingerprint density at radius 2 is 1.50 bits per heavy atom. The first-order chi connectivity index (χ1) is 26.9. The van der Waals surface area contributed by atoms with Gasteiger partial charge in [-0.05, 0) is 91.6 Å². The summed E-state index contributed by atoms with van der Waals surface area (Å²) in [5.74, 6) is 1.25. The van der Waals surface area contributed by atoms with E-state index in [1.54, 1.807) is 48.2 Å². The molecule has 1 saturated heterocycles. The van der Waals surface area contributed by atoms with Crippen LogP contribution < -0.4 is 30.4 Å². The number of rotatable bonds is 9. The van der Waals surface area contributed by atoms with Crippen molar-refractivity contribution < 1.29 is 23.9 Å². The maximum atomic E-state index is 13.3. The fourth-order valence-corrected chi connectivity index (χ4v) is 5.86. The molecule has 4 N–H and O–H groups in total. The number of aromatic amines is 1. The second kappa shape index (κ2) is 26.9. The van der Waals surface area contributed by atoms with Crippen LogP contribution in [0, 0.1) is 44.0 Å². The summed E-state index contributed by atoms with van der Waals surface area (Å²) in [6.07, 6.45) is 30.3. The van der Waals surface area contributed by atoms with Gasteiger partial charge in [0.2, 0.25) is 17.7 Å². The van der Waals surface area contributed by atoms with Crippen molar-refractivity contribution in [3.63, 3.8) is 0 Å². The van der Waals surface area contributed by atoms with Crippen molar-refractivity contribution in [3.05, 3.63) is 78.1 Å². The third-order valence-electron chi connectivity index (χ3n) is 8.10. The summed E-state index contributed by atoms with van der Waals surface area (Å²) in [5.41, 5.74) is 0.508. The van der Waals surface area contributed by atoms with Crippen LogP contribution in [0.25, 0.3) is 10.8 Å². The highest BCUT2D eigenvalue weighted by atomic mass is 32.2. The molecule has 302 valence electrons. The van der Waals surface area contributed by atoms with E-state index in [-0.39, 0.29) is 40.8 Å². The quantitative estimate of drug-likeness (QED) is 0.105. The average Bonchev–Trinajstić information content (AvgIpc) is 4.17. The Kier molecular flexibility index (Phi) is 24.1. The molecule has 2 heterocycles. The minimum atomic E-state index is -0.371. The van der Waals surface area contributed by atoms with E-state index in [2.05, 4.69) is 92.8 Å². The van der Waals surface area contributed by atoms with Gasteiger partial charge < -0.3 is 29.7 Å². The number of likely N-dealkylation sites (tertiary alicyclic amines) is 1. The Hall–Kier alpha value is -5.77. The van der Waals surface area contributed by atoms with Crippen molar-refractivity contribution in [1.82, 2.24) is 19.9 Å². The molecule has 12 heteroatoms. The molecule has 3 aliphatic rings. The third-order valence-corrected chi connectivity index (χ3v) is 9.31. The van der Waals surface area contributed by atoms with Gasteiger partial charge in [-0.2, -0.15) is 0 Å². The van der Waals surface area contributed by atoms with Gasteiger partial charge in [0.15, 0.2) is 5.88 Å². The summed E-state index contributed by atoms with van der Waals surface area (Å²) >= 11 is 1.55. The maximum Gasteiger partial charge on any atom is 0.258 e. The lowest BCUT2D eigenvalue weighted by Gasteiger charge is -2.36. The number of nitrogens with zero attached hydrogens (tertiary/aromatic N) is 1. The average molecular weight is 786 g/mol. The highest BCUT2D eigenvalue weighted by Crippen LogP contribution is 2.32. The maximum absolute atomic E-state index is 13.3. The van der Waals surface area contributed by atoms with E-state index in [0.29, 0.717) is 23.9 Å². The van der Waals surface area contributed by atoms with Crippen LogP contribution >= 0.6 is 11.9 Å². The van der Waals surface area contributed by atoms with Crippen molar-refractivity contribution in [2.75, 3.05) is 26.1 Å². The number of methoxy groups -OCH3 is 2. The second-order valence-electron chi connectivity index (χ2n) is 13.4. The predicted molar refractivity (Wildman–Crippen MR) is 232 cm³/mol. The molecule has 2 aromatic carbocycles. The molecule has 2 atom stereocenters. The Balaban J connectivity index is 0.000000826. The molecule has 1 aromatic heterocycles. The molecule has 0 radical (unpaired) electrons. The molecule has 56 heavy (non-hydrogen) atoms. The number of para-hydroxylation sites is 1.